The standard InChI is InChI=1S/C26H39NO4Si/c1-26(2,3)32(6,7)31-19-20-9-8-18-30-25(20)27(21-10-14-23(28-4)15-11-21)22-12-16-24(29-5)17-13-22/h10-17,20,25H,8-9,18-19H2,1-7H3/t20-,25?/m1/s1. The first-order chi connectivity index (χ1) is 15.2. The summed E-state index contributed by atoms with van der Waals surface area (Å²) >= 11 is 0. The van der Waals surface area contributed by atoms with Crippen LogP contribution in [0.15, 0.2) is 48.5 Å². The molecule has 0 bridgehead atoms. The fraction of sp³-hybridized carbons (Fsp3) is 0.538. The molecular formula is C26H39NO4Si. The summed E-state index contributed by atoms with van der Waals surface area (Å²) in [5.41, 5.74) is 2.14. The van der Waals surface area contributed by atoms with E-state index < -0.39 is 8.32 Å². The van der Waals surface area contributed by atoms with Crippen molar-refractivity contribution >= 4 is 19.7 Å². The lowest BCUT2D eigenvalue weighted by Crippen LogP contribution is -2.48. The molecule has 176 valence electrons. The minimum absolute atomic E-state index is 0.102. The van der Waals surface area contributed by atoms with Gasteiger partial charge < -0.3 is 23.5 Å². The average Bonchev–Trinajstić information content (AvgIpc) is 2.79. The van der Waals surface area contributed by atoms with Crippen LogP contribution in [-0.2, 0) is 9.16 Å². The van der Waals surface area contributed by atoms with Crippen LogP contribution in [0.3, 0.4) is 0 Å². The third-order valence-electron chi connectivity index (χ3n) is 6.83. The molecule has 0 N–H and O–H groups in total. The number of anilines is 2. The van der Waals surface area contributed by atoms with Crippen molar-refractivity contribution in [1.29, 1.82) is 0 Å². The summed E-state index contributed by atoms with van der Waals surface area (Å²) in [7, 11) is 1.53. The molecule has 0 aliphatic carbocycles. The van der Waals surface area contributed by atoms with Crippen LogP contribution in [0.2, 0.25) is 18.1 Å². The van der Waals surface area contributed by atoms with Gasteiger partial charge in [0, 0.05) is 30.5 Å². The van der Waals surface area contributed by atoms with Gasteiger partial charge >= 0.3 is 0 Å². The van der Waals surface area contributed by atoms with Crippen molar-refractivity contribution in [2.75, 3.05) is 32.3 Å². The highest BCUT2D eigenvalue weighted by atomic mass is 28.4. The minimum Gasteiger partial charge on any atom is -0.497 e. The van der Waals surface area contributed by atoms with Crippen molar-refractivity contribution in [3.8, 4) is 11.5 Å². The van der Waals surface area contributed by atoms with Crippen molar-refractivity contribution in [1.82, 2.24) is 0 Å². The van der Waals surface area contributed by atoms with Gasteiger partial charge in [0.05, 0.1) is 14.2 Å². The first-order valence-electron chi connectivity index (χ1n) is 11.5. The summed E-state index contributed by atoms with van der Waals surface area (Å²) in [4.78, 5) is 2.29. The smallest absolute Gasteiger partial charge is 0.191 e. The quantitative estimate of drug-likeness (QED) is 0.417. The molecule has 3 rings (SSSR count). The molecule has 1 heterocycles. The second-order valence-corrected chi connectivity index (χ2v) is 14.8. The SMILES string of the molecule is COc1ccc(N(c2ccc(OC)cc2)C2OCCC[C@@H]2CO[Si](C)(C)C(C)(C)C)cc1. The summed E-state index contributed by atoms with van der Waals surface area (Å²) in [6.07, 6.45) is 2.04. The van der Waals surface area contributed by atoms with Gasteiger partial charge in [0.25, 0.3) is 0 Å². The highest BCUT2D eigenvalue weighted by Crippen LogP contribution is 2.39. The molecule has 0 radical (unpaired) electrons. The Balaban J connectivity index is 1.93. The highest BCUT2D eigenvalue weighted by Gasteiger charge is 2.40. The maximum absolute atomic E-state index is 6.65. The number of hydrogen-bond acceptors (Lipinski definition) is 5. The van der Waals surface area contributed by atoms with E-state index >= 15 is 0 Å². The van der Waals surface area contributed by atoms with E-state index in [2.05, 4.69) is 63.0 Å². The van der Waals surface area contributed by atoms with Gasteiger partial charge in [-0.1, -0.05) is 20.8 Å². The molecule has 5 nitrogen and oxygen atoms in total. The van der Waals surface area contributed by atoms with Gasteiger partial charge in [0.2, 0.25) is 0 Å². The number of benzene rings is 2. The van der Waals surface area contributed by atoms with Crippen LogP contribution < -0.4 is 14.4 Å². The van der Waals surface area contributed by atoms with Crippen LogP contribution in [0.4, 0.5) is 11.4 Å². The van der Waals surface area contributed by atoms with Crippen LogP contribution >= 0.6 is 0 Å². The normalized spacial score (nSPS) is 19.5. The molecule has 6 heteroatoms. The second kappa shape index (κ2) is 10.3. The number of nitrogens with zero attached hydrogens (tertiary/aromatic N) is 1. The van der Waals surface area contributed by atoms with Crippen LogP contribution in [0.1, 0.15) is 33.6 Å². The predicted molar refractivity (Wildman–Crippen MR) is 134 cm³/mol. The van der Waals surface area contributed by atoms with Crippen LogP contribution in [0.5, 0.6) is 11.5 Å². The number of rotatable bonds is 8. The van der Waals surface area contributed by atoms with E-state index in [1.54, 1.807) is 14.2 Å². The molecule has 1 saturated heterocycles. The molecule has 32 heavy (non-hydrogen) atoms. The summed E-state index contributed by atoms with van der Waals surface area (Å²) in [5, 5.41) is 0.184. The third-order valence-corrected chi connectivity index (χ3v) is 11.3. The molecule has 1 aliphatic rings. The molecule has 0 saturated carbocycles. The van der Waals surface area contributed by atoms with E-state index in [9.17, 15) is 0 Å². The Kier molecular flexibility index (Phi) is 7.91. The summed E-state index contributed by atoms with van der Waals surface area (Å²) in [6, 6.07) is 16.3. The lowest BCUT2D eigenvalue weighted by molar-refractivity contribution is -0.0372. The van der Waals surface area contributed by atoms with Crippen LogP contribution in [0.25, 0.3) is 0 Å². The molecule has 2 aromatic carbocycles. The van der Waals surface area contributed by atoms with E-state index in [0.29, 0.717) is 6.61 Å². The Labute approximate surface area is 194 Å². The largest absolute Gasteiger partial charge is 0.497 e. The maximum Gasteiger partial charge on any atom is 0.191 e. The predicted octanol–water partition coefficient (Wildman–Crippen LogP) is 6.62. The molecule has 0 spiro atoms. The molecule has 1 fully saturated rings. The van der Waals surface area contributed by atoms with Crippen molar-refractivity contribution in [2.45, 2.75) is 58.0 Å². The Morgan fingerprint density at radius 2 is 1.41 bits per heavy atom. The molecule has 0 amide bonds. The van der Waals surface area contributed by atoms with E-state index in [0.717, 1.165) is 42.3 Å². The zero-order valence-electron chi connectivity index (χ0n) is 20.7. The first kappa shape index (κ1) is 24.6. The Morgan fingerprint density at radius 3 is 1.84 bits per heavy atom. The van der Waals surface area contributed by atoms with E-state index in [4.69, 9.17) is 18.6 Å². The second-order valence-electron chi connectivity index (χ2n) is 10.0. The van der Waals surface area contributed by atoms with Crippen molar-refractivity contribution in [3.05, 3.63) is 48.5 Å². The Bertz CT molecular complexity index is 798. The first-order valence-corrected chi connectivity index (χ1v) is 14.4. The highest BCUT2D eigenvalue weighted by molar-refractivity contribution is 6.74. The topological polar surface area (TPSA) is 40.2 Å². The summed E-state index contributed by atoms with van der Waals surface area (Å²) in [5.74, 6) is 1.96. The van der Waals surface area contributed by atoms with E-state index in [1.807, 2.05) is 24.3 Å². The fourth-order valence-corrected chi connectivity index (χ4v) is 4.80. The lowest BCUT2D eigenvalue weighted by Gasteiger charge is -2.43. The lowest BCUT2D eigenvalue weighted by atomic mass is 9.98. The molecule has 1 aliphatic heterocycles. The Morgan fingerprint density at radius 1 is 0.906 bits per heavy atom. The van der Waals surface area contributed by atoms with Crippen LogP contribution in [0, 0.1) is 5.92 Å². The van der Waals surface area contributed by atoms with Gasteiger partial charge in [-0.25, -0.2) is 0 Å². The maximum atomic E-state index is 6.65. The number of ether oxygens (including phenoxy) is 3. The van der Waals surface area contributed by atoms with E-state index in [-0.39, 0.29) is 17.2 Å². The van der Waals surface area contributed by atoms with Crippen molar-refractivity contribution in [3.63, 3.8) is 0 Å². The van der Waals surface area contributed by atoms with Gasteiger partial charge in [-0.2, -0.15) is 0 Å². The molecule has 2 aromatic rings. The van der Waals surface area contributed by atoms with Crippen LogP contribution in [-0.4, -0.2) is 42.0 Å². The van der Waals surface area contributed by atoms with Gasteiger partial charge in [-0.3, -0.25) is 0 Å². The molecule has 1 unspecified atom stereocenters. The Hall–Kier alpha value is -2.02. The number of methoxy groups -OCH3 is 2. The molecule has 2 atom stereocenters. The zero-order valence-corrected chi connectivity index (χ0v) is 21.7. The number of hydrogen-bond donors (Lipinski definition) is 0. The van der Waals surface area contributed by atoms with E-state index in [1.165, 1.54) is 0 Å². The summed E-state index contributed by atoms with van der Waals surface area (Å²) in [6.45, 7) is 13.0. The minimum atomic E-state index is -1.84. The third kappa shape index (κ3) is 5.66. The van der Waals surface area contributed by atoms with Gasteiger partial charge in [0.15, 0.2) is 8.32 Å². The average molecular weight is 458 g/mol. The monoisotopic (exact) mass is 457 g/mol. The van der Waals surface area contributed by atoms with Crippen molar-refractivity contribution in [2.24, 2.45) is 5.92 Å². The summed E-state index contributed by atoms with van der Waals surface area (Å²) < 4.78 is 23.8. The van der Waals surface area contributed by atoms with Gasteiger partial charge in [0.1, 0.15) is 17.7 Å². The molecular weight excluding hydrogens is 418 g/mol. The van der Waals surface area contributed by atoms with Gasteiger partial charge in [-0.15, -0.1) is 0 Å². The van der Waals surface area contributed by atoms with Gasteiger partial charge in [-0.05, 0) is 79.5 Å². The zero-order chi connectivity index (χ0) is 23.4. The molecule has 0 aromatic heterocycles. The van der Waals surface area contributed by atoms with Crippen molar-refractivity contribution < 1.29 is 18.6 Å². The fourth-order valence-electron chi connectivity index (χ4n) is 3.74.